The van der Waals surface area contributed by atoms with Crippen molar-refractivity contribution in [2.24, 2.45) is 0 Å². The van der Waals surface area contributed by atoms with Crippen molar-refractivity contribution in [3.05, 3.63) is 71.0 Å². The van der Waals surface area contributed by atoms with Gasteiger partial charge in [0.15, 0.2) is 0 Å². The molecule has 0 unspecified atom stereocenters. The molecule has 3 aromatic rings. The minimum Gasteiger partial charge on any atom is -0.461 e. The molecule has 0 N–H and O–H groups in total. The molecule has 0 fully saturated rings. The molecule has 0 aliphatic carbocycles. The van der Waals surface area contributed by atoms with E-state index in [4.69, 9.17) is 4.42 Å². The number of fused-ring (bicyclic) bond motifs is 2. The molecular formula is C19H17NO2. The van der Waals surface area contributed by atoms with Crippen LogP contribution in [0.2, 0.25) is 0 Å². The number of nitrogens with zero attached hydrogens (tertiary/aromatic N) is 1. The maximum Gasteiger partial charge on any atom is 0.257 e. The molecule has 3 nitrogen and oxygen atoms in total. The molecule has 4 rings (SSSR count). The van der Waals surface area contributed by atoms with Crippen molar-refractivity contribution in [2.75, 3.05) is 6.54 Å². The van der Waals surface area contributed by atoms with Gasteiger partial charge in [0, 0.05) is 18.5 Å². The number of aryl methyl sites for hydroxylation is 1. The Labute approximate surface area is 129 Å². The van der Waals surface area contributed by atoms with Crippen molar-refractivity contribution in [1.29, 1.82) is 0 Å². The average Bonchev–Trinajstić information content (AvgIpc) is 2.93. The van der Waals surface area contributed by atoms with Crippen LogP contribution in [-0.2, 0) is 13.0 Å². The highest BCUT2D eigenvalue weighted by Crippen LogP contribution is 2.26. The standard InChI is InChI=1S/C19H17NO2/c1-13-11-15-7-4-8-17(18(15)22-13)19(21)20-10-9-14-5-2-3-6-16(14)12-20/h2-8,11H,9-10,12H2,1H3. The van der Waals surface area contributed by atoms with E-state index in [2.05, 4.69) is 18.2 Å². The minimum atomic E-state index is 0.0504. The number of para-hydroxylation sites is 1. The summed E-state index contributed by atoms with van der Waals surface area (Å²) in [5, 5.41) is 0.987. The Bertz CT molecular complexity index is 863. The van der Waals surface area contributed by atoms with Crippen LogP contribution in [0.4, 0.5) is 0 Å². The fourth-order valence-corrected chi connectivity index (χ4v) is 3.20. The lowest BCUT2D eigenvalue weighted by molar-refractivity contribution is 0.0735. The third-order valence-corrected chi connectivity index (χ3v) is 4.32. The number of amides is 1. The van der Waals surface area contributed by atoms with Crippen molar-refractivity contribution < 1.29 is 9.21 Å². The first-order chi connectivity index (χ1) is 10.7. The third kappa shape index (κ3) is 2.10. The summed E-state index contributed by atoms with van der Waals surface area (Å²) in [5.74, 6) is 0.883. The average molecular weight is 291 g/mol. The third-order valence-electron chi connectivity index (χ3n) is 4.32. The van der Waals surface area contributed by atoms with E-state index in [1.165, 1.54) is 11.1 Å². The molecule has 1 aromatic heterocycles. The van der Waals surface area contributed by atoms with Crippen LogP contribution in [-0.4, -0.2) is 17.4 Å². The second-order valence-corrected chi connectivity index (χ2v) is 5.83. The molecule has 0 bridgehead atoms. The van der Waals surface area contributed by atoms with Gasteiger partial charge in [-0.3, -0.25) is 4.79 Å². The Morgan fingerprint density at radius 1 is 1.09 bits per heavy atom. The number of hydrogen-bond acceptors (Lipinski definition) is 2. The highest BCUT2D eigenvalue weighted by Gasteiger charge is 2.23. The molecule has 0 radical (unpaired) electrons. The van der Waals surface area contributed by atoms with Crippen molar-refractivity contribution in [3.63, 3.8) is 0 Å². The molecule has 22 heavy (non-hydrogen) atoms. The van der Waals surface area contributed by atoms with Crippen molar-refractivity contribution in [2.45, 2.75) is 19.9 Å². The van der Waals surface area contributed by atoms with E-state index in [0.29, 0.717) is 17.7 Å². The molecule has 1 amide bonds. The van der Waals surface area contributed by atoms with Crippen LogP contribution in [0.3, 0.4) is 0 Å². The van der Waals surface area contributed by atoms with Crippen LogP contribution in [0.15, 0.2) is 52.9 Å². The Hall–Kier alpha value is -2.55. The first-order valence-electron chi connectivity index (χ1n) is 7.57. The van der Waals surface area contributed by atoms with Crippen molar-refractivity contribution in [3.8, 4) is 0 Å². The van der Waals surface area contributed by atoms with Crippen LogP contribution in [0.5, 0.6) is 0 Å². The van der Waals surface area contributed by atoms with E-state index >= 15 is 0 Å². The van der Waals surface area contributed by atoms with Crippen LogP contribution in [0.25, 0.3) is 11.0 Å². The van der Waals surface area contributed by atoms with Gasteiger partial charge < -0.3 is 9.32 Å². The van der Waals surface area contributed by atoms with Gasteiger partial charge in [0.2, 0.25) is 0 Å². The highest BCUT2D eigenvalue weighted by molar-refractivity contribution is 6.05. The van der Waals surface area contributed by atoms with Crippen LogP contribution in [0.1, 0.15) is 27.2 Å². The predicted octanol–water partition coefficient (Wildman–Crippen LogP) is 3.94. The van der Waals surface area contributed by atoms with E-state index in [1.807, 2.05) is 42.2 Å². The van der Waals surface area contributed by atoms with Gasteiger partial charge in [0.25, 0.3) is 5.91 Å². The summed E-state index contributed by atoms with van der Waals surface area (Å²) >= 11 is 0. The fourth-order valence-electron chi connectivity index (χ4n) is 3.20. The lowest BCUT2D eigenvalue weighted by atomic mass is 9.99. The van der Waals surface area contributed by atoms with Crippen LogP contribution in [0, 0.1) is 6.92 Å². The van der Waals surface area contributed by atoms with E-state index in [1.54, 1.807) is 0 Å². The molecule has 1 aliphatic heterocycles. The normalized spacial score (nSPS) is 14.1. The summed E-state index contributed by atoms with van der Waals surface area (Å²) in [4.78, 5) is 14.8. The maximum absolute atomic E-state index is 12.9. The highest BCUT2D eigenvalue weighted by atomic mass is 16.3. The summed E-state index contributed by atoms with van der Waals surface area (Å²) in [6, 6.07) is 16.1. The second kappa shape index (κ2) is 5.02. The molecule has 2 aromatic carbocycles. The van der Waals surface area contributed by atoms with Gasteiger partial charge in [0.1, 0.15) is 11.3 Å². The molecule has 0 spiro atoms. The van der Waals surface area contributed by atoms with E-state index in [0.717, 1.165) is 24.1 Å². The van der Waals surface area contributed by atoms with E-state index in [9.17, 15) is 4.79 Å². The fraction of sp³-hybridized carbons (Fsp3) is 0.211. The Morgan fingerprint density at radius 3 is 2.77 bits per heavy atom. The SMILES string of the molecule is Cc1cc2cccc(C(=O)N3CCc4ccccc4C3)c2o1. The molecule has 0 saturated carbocycles. The topological polar surface area (TPSA) is 33.5 Å². The Balaban J connectivity index is 1.70. The van der Waals surface area contributed by atoms with E-state index < -0.39 is 0 Å². The van der Waals surface area contributed by atoms with Gasteiger partial charge in [-0.05, 0) is 36.6 Å². The van der Waals surface area contributed by atoms with Gasteiger partial charge >= 0.3 is 0 Å². The maximum atomic E-state index is 12.9. The minimum absolute atomic E-state index is 0.0504. The zero-order valence-corrected chi connectivity index (χ0v) is 12.5. The first kappa shape index (κ1) is 13.1. The summed E-state index contributed by atoms with van der Waals surface area (Å²) in [6.07, 6.45) is 0.912. The van der Waals surface area contributed by atoms with Crippen LogP contribution < -0.4 is 0 Å². The number of hydrogen-bond donors (Lipinski definition) is 0. The number of rotatable bonds is 1. The van der Waals surface area contributed by atoms with Gasteiger partial charge in [-0.25, -0.2) is 0 Å². The number of benzene rings is 2. The monoisotopic (exact) mass is 291 g/mol. The summed E-state index contributed by atoms with van der Waals surface area (Å²) in [6.45, 7) is 3.34. The molecule has 3 heteroatoms. The van der Waals surface area contributed by atoms with Gasteiger partial charge in [-0.2, -0.15) is 0 Å². The smallest absolute Gasteiger partial charge is 0.257 e. The number of carbonyl (C=O) groups excluding carboxylic acids is 1. The predicted molar refractivity (Wildman–Crippen MR) is 85.8 cm³/mol. The van der Waals surface area contributed by atoms with Crippen molar-refractivity contribution >= 4 is 16.9 Å². The largest absolute Gasteiger partial charge is 0.461 e. The number of carbonyl (C=O) groups is 1. The summed E-state index contributed by atoms with van der Waals surface area (Å²) in [5.41, 5.74) is 3.94. The number of furan rings is 1. The van der Waals surface area contributed by atoms with Crippen LogP contribution >= 0.6 is 0 Å². The molecule has 110 valence electrons. The second-order valence-electron chi connectivity index (χ2n) is 5.83. The van der Waals surface area contributed by atoms with E-state index in [-0.39, 0.29) is 5.91 Å². The summed E-state index contributed by atoms with van der Waals surface area (Å²) in [7, 11) is 0. The molecule has 2 heterocycles. The van der Waals surface area contributed by atoms with Gasteiger partial charge in [-0.15, -0.1) is 0 Å². The summed E-state index contributed by atoms with van der Waals surface area (Å²) < 4.78 is 5.73. The van der Waals surface area contributed by atoms with Gasteiger partial charge in [-0.1, -0.05) is 36.4 Å². The lowest BCUT2D eigenvalue weighted by Crippen LogP contribution is -2.35. The van der Waals surface area contributed by atoms with Gasteiger partial charge in [0.05, 0.1) is 5.56 Å². The molecule has 0 saturated heterocycles. The Kier molecular flexibility index (Phi) is 3.00. The molecule has 0 atom stereocenters. The quantitative estimate of drug-likeness (QED) is 0.680. The first-order valence-corrected chi connectivity index (χ1v) is 7.57. The molecule has 1 aliphatic rings. The zero-order chi connectivity index (χ0) is 15.1. The molecular weight excluding hydrogens is 274 g/mol. The lowest BCUT2D eigenvalue weighted by Gasteiger charge is -2.28. The van der Waals surface area contributed by atoms with Crippen molar-refractivity contribution in [1.82, 2.24) is 4.90 Å². The Morgan fingerprint density at radius 2 is 1.91 bits per heavy atom. The zero-order valence-electron chi connectivity index (χ0n) is 12.5.